The van der Waals surface area contributed by atoms with Gasteiger partial charge < -0.3 is 10.6 Å². The van der Waals surface area contributed by atoms with Gasteiger partial charge in [0.15, 0.2) is 0 Å². The molecule has 4 nitrogen and oxygen atoms in total. The van der Waals surface area contributed by atoms with Crippen LogP contribution >= 0.6 is 0 Å². The number of aromatic nitrogens is 1. The zero-order valence-electron chi connectivity index (χ0n) is 11.1. The number of benzene rings is 1. The number of hydrogen-bond donors (Lipinski definition) is 2. The smallest absolute Gasteiger partial charge is 0.221 e. The summed E-state index contributed by atoms with van der Waals surface area (Å²) in [5.74, 6) is -0.0550. The van der Waals surface area contributed by atoms with E-state index in [1.54, 1.807) is 12.4 Å². The molecule has 2 aromatic rings. The van der Waals surface area contributed by atoms with Crippen molar-refractivity contribution in [2.45, 2.75) is 20.4 Å². The molecule has 1 heterocycles. The van der Waals surface area contributed by atoms with Crippen molar-refractivity contribution in [2.24, 2.45) is 0 Å². The van der Waals surface area contributed by atoms with E-state index in [-0.39, 0.29) is 5.91 Å². The molecule has 0 unspecified atom stereocenters. The predicted molar refractivity (Wildman–Crippen MR) is 77.0 cm³/mol. The first-order valence-electron chi connectivity index (χ1n) is 6.16. The van der Waals surface area contributed by atoms with Gasteiger partial charge in [-0.25, -0.2) is 0 Å². The SMILES string of the molecule is CC(=O)Nc1ccc(NCc2ccncc2)cc1C. The number of hydrogen-bond acceptors (Lipinski definition) is 3. The molecule has 0 aliphatic carbocycles. The summed E-state index contributed by atoms with van der Waals surface area (Å²) in [5.41, 5.74) is 4.10. The molecule has 0 saturated carbocycles. The zero-order valence-corrected chi connectivity index (χ0v) is 11.1. The first-order valence-corrected chi connectivity index (χ1v) is 6.16. The number of anilines is 2. The normalized spacial score (nSPS) is 10.0. The van der Waals surface area contributed by atoms with Gasteiger partial charge in [-0.15, -0.1) is 0 Å². The van der Waals surface area contributed by atoms with Crippen molar-refractivity contribution < 1.29 is 4.79 Å². The monoisotopic (exact) mass is 255 g/mol. The molecule has 0 saturated heterocycles. The number of aryl methyl sites for hydroxylation is 1. The lowest BCUT2D eigenvalue weighted by Gasteiger charge is -2.11. The van der Waals surface area contributed by atoms with Crippen LogP contribution in [0.5, 0.6) is 0 Å². The fourth-order valence-corrected chi connectivity index (χ4v) is 1.81. The number of nitrogens with zero attached hydrogens (tertiary/aromatic N) is 1. The molecule has 0 aliphatic rings. The van der Waals surface area contributed by atoms with Crippen LogP contribution in [0.2, 0.25) is 0 Å². The van der Waals surface area contributed by atoms with Crippen molar-refractivity contribution in [1.82, 2.24) is 4.98 Å². The fraction of sp³-hybridized carbons (Fsp3) is 0.200. The molecule has 0 fully saturated rings. The highest BCUT2D eigenvalue weighted by atomic mass is 16.1. The van der Waals surface area contributed by atoms with E-state index in [4.69, 9.17) is 0 Å². The van der Waals surface area contributed by atoms with E-state index < -0.39 is 0 Å². The Morgan fingerprint density at radius 3 is 2.58 bits per heavy atom. The van der Waals surface area contributed by atoms with Gasteiger partial charge in [0.2, 0.25) is 5.91 Å². The number of rotatable bonds is 4. The van der Waals surface area contributed by atoms with Crippen LogP contribution in [0, 0.1) is 6.92 Å². The van der Waals surface area contributed by atoms with Crippen LogP contribution in [-0.2, 0) is 11.3 Å². The Morgan fingerprint density at radius 2 is 1.95 bits per heavy atom. The third-order valence-electron chi connectivity index (χ3n) is 2.78. The van der Waals surface area contributed by atoms with Crippen LogP contribution in [0.15, 0.2) is 42.7 Å². The van der Waals surface area contributed by atoms with Crippen LogP contribution in [0.1, 0.15) is 18.1 Å². The molecule has 0 atom stereocenters. The molecular weight excluding hydrogens is 238 g/mol. The first kappa shape index (κ1) is 13.1. The highest BCUT2D eigenvalue weighted by Crippen LogP contribution is 2.20. The van der Waals surface area contributed by atoms with E-state index in [1.165, 1.54) is 12.5 Å². The Morgan fingerprint density at radius 1 is 1.21 bits per heavy atom. The molecule has 0 aliphatic heterocycles. The van der Waals surface area contributed by atoms with Crippen LogP contribution < -0.4 is 10.6 Å². The van der Waals surface area contributed by atoms with Gasteiger partial charge in [0.25, 0.3) is 0 Å². The zero-order chi connectivity index (χ0) is 13.7. The van der Waals surface area contributed by atoms with Crippen molar-refractivity contribution in [3.63, 3.8) is 0 Å². The summed E-state index contributed by atoms with van der Waals surface area (Å²) < 4.78 is 0. The van der Waals surface area contributed by atoms with Gasteiger partial charge in [0.1, 0.15) is 0 Å². The first-order chi connectivity index (χ1) is 9.15. The van der Waals surface area contributed by atoms with E-state index in [1.807, 2.05) is 37.3 Å². The predicted octanol–water partition coefficient (Wildman–Crippen LogP) is 2.96. The van der Waals surface area contributed by atoms with Crippen molar-refractivity contribution in [2.75, 3.05) is 10.6 Å². The summed E-state index contributed by atoms with van der Waals surface area (Å²) in [7, 11) is 0. The Hall–Kier alpha value is -2.36. The minimum atomic E-state index is -0.0550. The molecule has 4 heteroatoms. The summed E-state index contributed by atoms with van der Waals surface area (Å²) in [6.45, 7) is 4.24. The maximum Gasteiger partial charge on any atom is 0.221 e. The second kappa shape index (κ2) is 6.00. The highest BCUT2D eigenvalue weighted by Gasteiger charge is 2.01. The lowest BCUT2D eigenvalue weighted by molar-refractivity contribution is -0.114. The minimum absolute atomic E-state index is 0.0550. The number of amides is 1. The van der Waals surface area contributed by atoms with Crippen LogP contribution in [0.4, 0.5) is 11.4 Å². The molecule has 0 bridgehead atoms. The number of carbonyl (C=O) groups is 1. The van der Waals surface area contributed by atoms with E-state index >= 15 is 0 Å². The fourth-order valence-electron chi connectivity index (χ4n) is 1.81. The standard InChI is InChI=1S/C15H17N3O/c1-11-9-14(3-4-15(11)18-12(2)19)17-10-13-5-7-16-8-6-13/h3-9,17H,10H2,1-2H3,(H,18,19). The Bertz CT molecular complexity index is 567. The van der Waals surface area contributed by atoms with E-state index in [2.05, 4.69) is 15.6 Å². The van der Waals surface area contributed by atoms with Gasteiger partial charge in [0, 0.05) is 37.2 Å². The second-order valence-electron chi connectivity index (χ2n) is 4.42. The molecule has 0 radical (unpaired) electrons. The van der Waals surface area contributed by atoms with Crippen LogP contribution in [-0.4, -0.2) is 10.9 Å². The number of nitrogens with one attached hydrogen (secondary N) is 2. The van der Waals surface area contributed by atoms with E-state index in [0.29, 0.717) is 0 Å². The molecule has 19 heavy (non-hydrogen) atoms. The maximum atomic E-state index is 11.0. The summed E-state index contributed by atoms with van der Waals surface area (Å²) in [5, 5.41) is 6.14. The Balaban J connectivity index is 2.02. The summed E-state index contributed by atoms with van der Waals surface area (Å²) >= 11 is 0. The largest absolute Gasteiger partial charge is 0.381 e. The third kappa shape index (κ3) is 3.81. The van der Waals surface area contributed by atoms with Crippen molar-refractivity contribution in [1.29, 1.82) is 0 Å². The molecule has 98 valence electrons. The lowest BCUT2D eigenvalue weighted by Crippen LogP contribution is -2.07. The van der Waals surface area contributed by atoms with Gasteiger partial charge >= 0.3 is 0 Å². The topological polar surface area (TPSA) is 54.0 Å². The second-order valence-corrected chi connectivity index (χ2v) is 4.42. The quantitative estimate of drug-likeness (QED) is 0.883. The molecule has 0 spiro atoms. The van der Waals surface area contributed by atoms with Gasteiger partial charge in [-0.2, -0.15) is 0 Å². The maximum absolute atomic E-state index is 11.0. The van der Waals surface area contributed by atoms with Crippen LogP contribution in [0.25, 0.3) is 0 Å². The molecule has 2 N–H and O–H groups in total. The average Bonchev–Trinajstić information content (AvgIpc) is 2.40. The molecule has 1 aromatic carbocycles. The highest BCUT2D eigenvalue weighted by molar-refractivity contribution is 5.89. The van der Waals surface area contributed by atoms with E-state index in [9.17, 15) is 4.79 Å². The van der Waals surface area contributed by atoms with Crippen molar-refractivity contribution >= 4 is 17.3 Å². The molecule has 2 rings (SSSR count). The molecule has 1 amide bonds. The summed E-state index contributed by atoms with van der Waals surface area (Å²) in [6.07, 6.45) is 3.56. The Kier molecular flexibility index (Phi) is 4.13. The van der Waals surface area contributed by atoms with Crippen LogP contribution in [0.3, 0.4) is 0 Å². The lowest BCUT2D eigenvalue weighted by atomic mass is 10.1. The minimum Gasteiger partial charge on any atom is -0.381 e. The van der Waals surface area contributed by atoms with E-state index in [0.717, 1.165) is 23.5 Å². The summed E-state index contributed by atoms with van der Waals surface area (Å²) in [4.78, 5) is 15.0. The van der Waals surface area contributed by atoms with Gasteiger partial charge in [-0.3, -0.25) is 9.78 Å². The van der Waals surface area contributed by atoms with Crippen molar-refractivity contribution in [3.8, 4) is 0 Å². The van der Waals surface area contributed by atoms with Gasteiger partial charge in [0.05, 0.1) is 0 Å². The summed E-state index contributed by atoms with van der Waals surface area (Å²) in [6, 6.07) is 9.84. The number of carbonyl (C=O) groups excluding carboxylic acids is 1. The Labute approximate surface area is 112 Å². The van der Waals surface area contributed by atoms with Crippen molar-refractivity contribution in [3.05, 3.63) is 53.9 Å². The van der Waals surface area contributed by atoms with Gasteiger partial charge in [-0.05, 0) is 48.4 Å². The third-order valence-corrected chi connectivity index (χ3v) is 2.78. The average molecular weight is 255 g/mol. The molecular formula is C15H17N3O. The molecule has 1 aromatic heterocycles. The van der Waals surface area contributed by atoms with Gasteiger partial charge in [-0.1, -0.05) is 0 Å². The number of pyridine rings is 1.